The van der Waals surface area contributed by atoms with Crippen LogP contribution in [0.25, 0.3) is 0 Å². The molecule has 0 spiro atoms. The van der Waals surface area contributed by atoms with E-state index in [0.717, 1.165) is 22.0 Å². The predicted molar refractivity (Wildman–Crippen MR) is 69.3 cm³/mol. The topological polar surface area (TPSA) is 33.2 Å². The lowest BCUT2D eigenvalue weighted by atomic mass is 10.2. The third-order valence-electron chi connectivity index (χ3n) is 2.67. The van der Waals surface area contributed by atoms with Crippen molar-refractivity contribution in [2.24, 2.45) is 5.92 Å². The second-order valence-corrected chi connectivity index (χ2v) is 5.45. The number of hydrogen-bond acceptors (Lipinski definition) is 2. The van der Waals surface area contributed by atoms with E-state index in [-0.39, 0.29) is 5.91 Å². The van der Waals surface area contributed by atoms with Gasteiger partial charge in [0, 0.05) is 31.0 Å². The summed E-state index contributed by atoms with van der Waals surface area (Å²) < 4.78 is 0.822. The molecule has 2 heterocycles. The second kappa shape index (κ2) is 5.27. The number of halogens is 2. The largest absolute Gasteiger partial charge is 0.338 e. The highest BCUT2D eigenvalue weighted by atomic mass is 79.9. The molecule has 0 bridgehead atoms. The van der Waals surface area contributed by atoms with Crippen molar-refractivity contribution < 1.29 is 4.79 Å². The summed E-state index contributed by atoms with van der Waals surface area (Å²) in [6, 6.07) is 3.89. The molecule has 1 unspecified atom stereocenters. The highest BCUT2D eigenvalue weighted by molar-refractivity contribution is 9.10. The van der Waals surface area contributed by atoms with Crippen LogP contribution in [0.4, 0.5) is 0 Å². The lowest BCUT2D eigenvalue weighted by molar-refractivity contribution is -0.128. The summed E-state index contributed by atoms with van der Waals surface area (Å²) in [5, 5.41) is 0.897. The van der Waals surface area contributed by atoms with E-state index in [0.29, 0.717) is 18.9 Å². The third kappa shape index (κ3) is 2.83. The maximum Gasteiger partial charge on any atom is 0.223 e. The van der Waals surface area contributed by atoms with Gasteiger partial charge in [-0.15, -0.1) is 0 Å². The monoisotopic (exact) mass is 346 g/mol. The molecule has 1 aliphatic heterocycles. The maximum atomic E-state index is 11.7. The van der Waals surface area contributed by atoms with Gasteiger partial charge in [0.05, 0.1) is 0 Å². The first-order valence-corrected chi connectivity index (χ1v) is 7.04. The van der Waals surface area contributed by atoms with Gasteiger partial charge < -0.3 is 4.90 Å². The molecule has 0 aliphatic carbocycles. The van der Waals surface area contributed by atoms with Crippen molar-refractivity contribution in [2.75, 3.05) is 11.9 Å². The molecule has 1 amide bonds. The Balaban J connectivity index is 2.00. The summed E-state index contributed by atoms with van der Waals surface area (Å²) in [4.78, 5) is 17.7. The third-order valence-corrected chi connectivity index (χ3v) is 4.06. The van der Waals surface area contributed by atoms with Crippen molar-refractivity contribution in [3.63, 3.8) is 0 Å². The maximum absolute atomic E-state index is 11.7. The van der Waals surface area contributed by atoms with E-state index in [2.05, 4.69) is 36.8 Å². The number of carbonyl (C=O) groups excluding carboxylic acids is 1. The van der Waals surface area contributed by atoms with Crippen molar-refractivity contribution in [3.05, 3.63) is 28.5 Å². The SMILES string of the molecule is O=C1CC(CBr)CN1Cc1ccc(Br)nc1. The smallest absolute Gasteiger partial charge is 0.223 e. The summed E-state index contributed by atoms with van der Waals surface area (Å²) in [6.45, 7) is 1.52. The Bertz CT molecular complexity index is 380. The summed E-state index contributed by atoms with van der Waals surface area (Å²) in [7, 11) is 0. The van der Waals surface area contributed by atoms with Crippen LogP contribution in [-0.4, -0.2) is 27.7 Å². The number of hydrogen-bond donors (Lipinski definition) is 0. The number of nitrogens with zero attached hydrogens (tertiary/aromatic N) is 2. The fourth-order valence-corrected chi connectivity index (χ4v) is 2.50. The van der Waals surface area contributed by atoms with E-state index in [1.54, 1.807) is 6.20 Å². The molecule has 3 nitrogen and oxygen atoms in total. The van der Waals surface area contributed by atoms with E-state index >= 15 is 0 Å². The van der Waals surface area contributed by atoms with Gasteiger partial charge in [-0.1, -0.05) is 22.0 Å². The van der Waals surface area contributed by atoms with Crippen molar-refractivity contribution >= 4 is 37.8 Å². The van der Waals surface area contributed by atoms with Crippen molar-refractivity contribution in [1.29, 1.82) is 0 Å². The summed E-state index contributed by atoms with van der Waals surface area (Å²) in [6.07, 6.45) is 2.47. The van der Waals surface area contributed by atoms with Gasteiger partial charge in [-0.3, -0.25) is 4.79 Å². The van der Waals surface area contributed by atoms with E-state index < -0.39 is 0 Å². The highest BCUT2D eigenvalue weighted by Crippen LogP contribution is 2.21. The number of pyridine rings is 1. The molecule has 1 fully saturated rings. The molecule has 1 saturated heterocycles. The molecule has 0 aromatic carbocycles. The molecule has 0 saturated carbocycles. The van der Waals surface area contributed by atoms with Crippen LogP contribution in [0, 0.1) is 5.92 Å². The summed E-state index contributed by atoms with van der Waals surface area (Å²) in [5.74, 6) is 0.697. The minimum Gasteiger partial charge on any atom is -0.338 e. The Kier molecular flexibility index (Phi) is 3.97. The highest BCUT2D eigenvalue weighted by Gasteiger charge is 2.28. The molecule has 1 atom stereocenters. The summed E-state index contributed by atoms with van der Waals surface area (Å²) in [5.41, 5.74) is 1.08. The lowest BCUT2D eigenvalue weighted by Crippen LogP contribution is -2.24. The Morgan fingerprint density at radius 1 is 1.50 bits per heavy atom. The quantitative estimate of drug-likeness (QED) is 0.622. The van der Waals surface area contributed by atoms with E-state index in [1.165, 1.54) is 0 Å². The number of rotatable bonds is 3. The molecule has 86 valence electrons. The Labute approximate surface area is 111 Å². The minimum atomic E-state index is 0.243. The zero-order valence-electron chi connectivity index (χ0n) is 8.70. The zero-order chi connectivity index (χ0) is 11.5. The Hall–Kier alpha value is -0.420. The molecular formula is C11H12Br2N2O. The molecule has 1 aliphatic rings. The zero-order valence-corrected chi connectivity index (χ0v) is 11.9. The standard InChI is InChI=1S/C11H12Br2N2O/c12-4-9-3-11(16)15(7-9)6-8-1-2-10(13)14-5-8/h1-2,5,9H,3-4,6-7H2. The van der Waals surface area contributed by atoms with Gasteiger partial charge in [0.15, 0.2) is 0 Å². The van der Waals surface area contributed by atoms with Crippen LogP contribution in [0.1, 0.15) is 12.0 Å². The molecule has 16 heavy (non-hydrogen) atoms. The minimum absolute atomic E-state index is 0.243. The van der Waals surface area contributed by atoms with Gasteiger partial charge in [-0.2, -0.15) is 0 Å². The Morgan fingerprint density at radius 2 is 2.31 bits per heavy atom. The molecule has 0 radical (unpaired) electrons. The molecule has 1 aromatic rings. The van der Waals surface area contributed by atoms with E-state index in [9.17, 15) is 4.79 Å². The van der Waals surface area contributed by atoms with E-state index in [1.807, 2.05) is 17.0 Å². The van der Waals surface area contributed by atoms with Crippen molar-refractivity contribution in [2.45, 2.75) is 13.0 Å². The van der Waals surface area contributed by atoms with Gasteiger partial charge in [0.25, 0.3) is 0 Å². The number of likely N-dealkylation sites (tertiary alicyclic amines) is 1. The fourth-order valence-electron chi connectivity index (χ4n) is 1.83. The van der Waals surface area contributed by atoms with Crippen LogP contribution >= 0.6 is 31.9 Å². The van der Waals surface area contributed by atoms with Gasteiger partial charge in [0.2, 0.25) is 5.91 Å². The van der Waals surface area contributed by atoms with Gasteiger partial charge >= 0.3 is 0 Å². The van der Waals surface area contributed by atoms with Crippen LogP contribution in [0.15, 0.2) is 22.9 Å². The first-order chi connectivity index (χ1) is 7.69. The summed E-state index contributed by atoms with van der Waals surface area (Å²) >= 11 is 6.72. The first kappa shape index (κ1) is 12.0. The van der Waals surface area contributed by atoms with Crippen LogP contribution in [0.5, 0.6) is 0 Å². The van der Waals surface area contributed by atoms with Gasteiger partial charge in [-0.25, -0.2) is 4.98 Å². The number of amides is 1. The fraction of sp³-hybridized carbons (Fsp3) is 0.455. The molecule has 0 N–H and O–H groups in total. The number of alkyl halides is 1. The van der Waals surface area contributed by atoms with Crippen LogP contribution < -0.4 is 0 Å². The predicted octanol–water partition coefficient (Wildman–Crippen LogP) is 2.59. The number of carbonyl (C=O) groups is 1. The second-order valence-electron chi connectivity index (χ2n) is 3.99. The molecule has 5 heteroatoms. The molecular weight excluding hydrogens is 336 g/mol. The van der Waals surface area contributed by atoms with Gasteiger partial charge in [0.1, 0.15) is 4.60 Å². The normalized spacial score (nSPS) is 20.5. The van der Waals surface area contributed by atoms with Crippen LogP contribution in [0.3, 0.4) is 0 Å². The molecule has 1 aromatic heterocycles. The average molecular weight is 348 g/mol. The average Bonchev–Trinajstić information content (AvgIpc) is 2.63. The van der Waals surface area contributed by atoms with Crippen molar-refractivity contribution in [3.8, 4) is 0 Å². The van der Waals surface area contributed by atoms with Crippen LogP contribution in [0.2, 0.25) is 0 Å². The van der Waals surface area contributed by atoms with Crippen LogP contribution in [-0.2, 0) is 11.3 Å². The first-order valence-electron chi connectivity index (χ1n) is 5.13. The van der Waals surface area contributed by atoms with Gasteiger partial charge in [-0.05, 0) is 33.5 Å². The number of aromatic nitrogens is 1. The molecule has 2 rings (SSSR count). The van der Waals surface area contributed by atoms with Crippen molar-refractivity contribution in [1.82, 2.24) is 9.88 Å². The van der Waals surface area contributed by atoms with E-state index in [4.69, 9.17) is 0 Å². The lowest BCUT2D eigenvalue weighted by Gasteiger charge is -2.15. The Morgan fingerprint density at radius 3 is 2.88 bits per heavy atom.